The smallest absolute Gasteiger partial charge is 0.248 e. The molecule has 14 heavy (non-hydrogen) atoms. The first-order valence-electron chi connectivity index (χ1n) is 5.21. The Hall–Kier alpha value is -0.900. The van der Waals surface area contributed by atoms with Crippen LogP contribution in [0.2, 0.25) is 0 Å². The zero-order valence-corrected chi connectivity index (χ0v) is 8.86. The Morgan fingerprint density at radius 1 is 1.36 bits per heavy atom. The highest BCUT2D eigenvalue weighted by Crippen LogP contribution is 2.20. The van der Waals surface area contributed by atoms with Crippen molar-refractivity contribution in [2.75, 3.05) is 20.1 Å². The molecule has 0 spiro atoms. The van der Waals surface area contributed by atoms with E-state index in [0.717, 1.165) is 31.6 Å². The van der Waals surface area contributed by atoms with E-state index in [1.54, 1.807) is 5.01 Å². The second-order valence-corrected chi connectivity index (χ2v) is 4.28. The molecule has 0 aromatic carbocycles. The first-order chi connectivity index (χ1) is 6.66. The van der Waals surface area contributed by atoms with Crippen LogP contribution < -0.4 is 0 Å². The number of hydrogen-bond donors (Lipinski definition) is 0. The van der Waals surface area contributed by atoms with E-state index in [1.165, 1.54) is 0 Å². The number of carbonyl (C=O) groups is 1. The third kappa shape index (κ3) is 1.80. The van der Waals surface area contributed by atoms with Gasteiger partial charge in [0.1, 0.15) is 0 Å². The summed E-state index contributed by atoms with van der Waals surface area (Å²) in [6.07, 6.45) is 2.63. The number of carbonyl (C=O) groups excluding carboxylic acids is 1. The zero-order chi connectivity index (χ0) is 10.1. The number of hydrazone groups is 1. The minimum absolute atomic E-state index is 0.178. The standard InChI is InChI=1S/C10H17N3O/c1-8-7-10(14)13(11-8)9-3-5-12(2)6-4-9/h9H,3-7H2,1-2H3. The van der Waals surface area contributed by atoms with Crippen molar-refractivity contribution in [1.82, 2.24) is 9.91 Å². The molecule has 0 bridgehead atoms. The maximum absolute atomic E-state index is 11.6. The minimum Gasteiger partial charge on any atom is -0.306 e. The summed E-state index contributed by atoms with van der Waals surface area (Å²) in [6, 6.07) is 0.344. The molecule has 2 aliphatic heterocycles. The first kappa shape index (κ1) is 9.65. The maximum atomic E-state index is 11.6. The van der Waals surface area contributed by atoms with Crippen molar-refractivity contribution in [2.24, 2.45) is 5.10 Å². The molecule has 2 rings (SSSR count). The summed E-state index contributed by atoms with van der Waals surface area (Å²) < 4.78 is 0. The van der Waals surface area contributed by atoms with Crippen LogP contribution in [0.15, 0.2) is 5.10 Å². The van der Waals surface area contributed by atoms with Crippen molar-refractivity contribution in [2.45, 2.75) is 32.2 Å². The van der Waals surface area contributed by atoms with E-state index in [1.807, 2.05) is 6.92 Å². The third-order valence-electron chi connectivity index (χ3n) is 2.97. The van der Waals surface area contributed by atoms with E-state index < -0.39 is 0 Å². The maximum Gasteiger partial charge on any atom is 0.248 e. The van der Waals surface area contributed by atoms with Crippen molar-refractivity contribution in [3.63, 3.8) is 0 Å². The Morgan fingerprint density at radius 2 is 2.00 bits per heavy atom. The molecule has 1 fully saturated rings. The van der Waals surface area contributed by atoms with Gasteiger partial charge in [0.2, 0.25) is 5.91 Å². The predicted octanol–water partition coefficient (Wildman–Crippen LogP) is 0.689. The van der Waals surface area contributed by atoms with E-state index in [0.29, 0.717) is 12.5 Å². The van der Waals surface area contributed by atoms with Gasteiger partial charge >= 0.3 is 0 Å². The van der Waals surface area contributed by atoms with Crippen molar-refractivity contribution in [3.8, 4) is 0 Å². The van der Waals surface area contributed by atoms with E-state index in [4.69, 9.17) is 0 Å². The van der Waals surface area contributed by atoms with Gasteiger partial charge in [0.15, 0.2) is 0 Å². The molecule has 4 heteroatoms. The van der Waals surface area contributed by atoms with Crippen LogP contribution in [0.25, 0.3) is 0 Å². The minimum atomic E-state index is 0.178. The summed E-state index contributed by atoms with van der Waals surface area (Å²) in [5.41, 5.74) is 0.953. The van der Waals surface area contributed by atoms with Crippen molar-refractivity contribution in [3.05, 3.63) is 0 Å². The number of rotatable bonds is 1. The fraction of sp³-hybridized carbons (Fsp3) is 0.800. The summed E-state index contributed by atoms with van der Waals surface area (Å²) in [7, 11) is 2.12. The van der Waals surface area contributed by atoms with E-state index in [-0.39, 0.29) is 5.91 Å². The number of amides is 1. The van der Waals surface area contributed by atoms with Crippen LogP contribution in [0.4, 0.5) is 0 Å². The third-order valence-corrected chi connectivity index (χ3v) is 2.97. The van der Waals surface area contributed by atoms with Crippen LogP contribution in [0.5, 0.6) is 0 Å². The quantitative estimate of drug-likeness (QED) is 0.617. The van der Waals surface area contributed by atoms with Crippen LogP contribution in [0.1, 0.15) is 26.2 Å². The summed E-state index contributed by atoms with van der Waals surface area (Å²) >= 11 is 0. The number of hydrogen-bond acceptors (Lipinski definition) is 3. The zero-order valence-electron chi connectivity index (χ0n) is 8.86. The molecule has 1 saturated heterocycles. The molecule has 2 heterocycles. The molecule has 0 saturated carbocycles. The van der Waals surface area contributed by atoms with Crippen LogP contribution >= 0.6 is 0 Å². The largest absolute Gasteiger partial charge is 0.306 e. The fourth-order valence-electron chi connectivity index (χ4n) is 2.10. The number of piperidine rings is 1. The molecule has 0 aliphatic carbocycles. The second kappa shape index (κ2) is 3.69. The molecular formula is C10H17N3O. The van der Waals surface area contributed by atoms with Crippen LogP contribution in [-0.2, 0) is 4.79 Å². The molecule has 0 radical (unpaired) electrons. The Kier molecular flexibility index (Phi) is 2.54. The average Bonchev–Trinajstić information content (AvgIpc) is 2.47. The van der Waals surface area contributed by atoms with Gasteiger partial charge in [-0.1, -0.05) is 0 Å². The Bertz CT molecular complexity index is 267. The molecular weight excluding hydrogens is 178 g/mol. The SMILES string of the molecule is CC1=NN(C2CCN(C)CC2)C(=O)C1. The summed E-state index contributed by atoms with van der Waals surface area (Å²) in [4.78, 5) is 13.9. The lowest BCUT2D eigenvalue weighted by atomic mass is 10.1. The predicted molar refractivity (Wildman–Crippen MR) is 55.1 cm³/mol. The van der Waals surface area contributed by atoms with Crippen molar-refractivity contribution < 1.29 is 4.79 Å². The lowest BCUT2D eigenvalue weighted by Gasteiger charge is -2.32. The Balaban J connectivity index is 1.98. The fourth-order valence-corrected chi connectivity index (χ4v) is 2.10. The van der Waals surface area contributed by atoms with Gasteiger partial charge in [-0.15, -0.1) is 0 Å². The van der Waals surface area contributed by atoms with Gasteiger partial charge < -0.3 is 4.90 Å². The van der Waals surface area contributed by atoms with E-state index in [9.17, 15) is 4.79 Å². The van der Waals surface area contributed by atoms with Crippen LogP contribution in [0.3, 0.4) is 0 Å². The highest BCUT2D eigenvalue weighted by Gasteiger charge is 2.30. The van der Waals surface area contributed by atoms with Gasteiger partial charge in [-0.25, -0.2) is 5.01 Å². The van der Waals surface area contributed by atoms with Gasteiger partial charge in [-0.3, -0.25) is 4.79 Å². The van der Waals surface area contributed by atoms with Gasteiger partial charge in [-0.2, -0.15) is 5.10 Å². The van der Waals surface area contributed by atoms with Gasteiger partial charge in [-0.05, 0) is 39.9 Å². The summed E-state index contributed by atoms with van der Waals surface area (Å²) in [5.74, 6) is 0.178. The van der Waals surface area contributed by atoms with Crippen LogP contribution in [0, 0.1) is 0 Å². The Labute approximate surface area is 84.6 Å². The monoisotopic (exact) mass is 195 g/mol. The Morgan fingerprint density at radius 3 is 2.50 bits per heavy atom. The lowest BCUT2D eigenvalue weighted by molar-refractivity contribution is -0.131. The van der Waals surface area contributed by atoms with E-state index >= 15 is 0 Å². The van der Waals surface area contributed by atoms with Gasteiger partial charge in [0.05, 0.1) is 12.5 Å². The van der Waals surface area contributed by atoms with Crippen LogP contribution in [-0.4, -0.2) is 47.7 Å². The molecule has 2 aliphatic rings. The lowest BCUT2D eigenvalue weighted by Crippen LogP contribution is -2.42. The molecule has 0 N–H and O–H groups in total. The summed E-state index contributed by atoms with van der Waals surface area (Å²) in [5, 5.41) is 6.01. The molecule has 0 unspecified atom stereocenters. The molecule has 0 atom stereocenters. The van der Waals surface area contributed by atoms with Gasteiger partial charge in [0.25, 0.3) is 0 Å². The average molecular weight is 195 g/mol. The van der Waals surface area contributed by atoms with Crippen molar-refractivity contribution >= 4 is 11.6 Å². The number of likely N-dealkylation sites (tertiary alicyclic amines) is 1. The second-order valence-electron chi connectivity index (χ2n) is 4.28. The normalized spacial score (nSPS) is 25.7. The van der Waals surface area contributed by atoms with E-state index in [2.05, 4.69) is 17.0 Å². The van der Waals surface area contributed by atoms with Crippen molar-refractivity contribution in [1.29, 1.82) is 0 Å². The number of nitrogens with zero attached hydrogens (tertiary/aromatic N) is 3. The highest BCUT2D eigenvalue weighted by molar-refractivity contribution is 6.03. The van der Waals surface area contributed by atoms with Gasteiger partial charge in [0, 0.05) is 5.71 Å². The topological polar surface area (TPSA) is 35.9 Å². The molecule has 0 aromatic heterocycles. The molecule has 0 aromatic rings. The molecule has 78 valence electrons. The molecule has 1 amide bonds. The molecule has 4 nitrogen and oxygen atoms in total. The highest BCUT2D eigenvalue weighted by atomic mass is 16.2. The summed E-state index contributed by atoms with van der Waals surface area (Å²) in [6.45, 7) is 4.07. The first-order valence-corrected chi connectivity index (χ1v) is 5.21.